The summed E-state index contributed by atoms with van der Waals surface area (Å²) in [5, 5.41) is 0. The highest BCUT2D eigenvalue weighted by atomic mass is 16.1. The molecule has 22 heavy (non-hydrogen) atoms. The van der Waals surface area contributed by atoms with Gasteiger partial charge in [-0.05, 0) is 17.2 Å². The zero-order valence-corrected chi connectivity index (χ0v) is 12.4. The van der Waals surface area contributed by atoms with Crippen LogP contribution in [0.3, 0.4) is 0 Å². The molecule has 1 aliphatic heterocycles. The van der Waals surface area contributed by atoms with Crippen LogP contribution in [-0.2, 0) is 4.79 Å². The lowest BCUT2D eigenvalue weighted by Crippen LogP contribution is -2.46. The van der Waals surface area contributed by atoms with Crippen LogP contribution in [0.2, 0.25) is 0 Å². The summed E-state index contributed by atoms with van der Waals surface area (Å²) >= 11 is 0. The van der Waals surface area contributed by atoms with Crippen molar-refractivity contribution in [3.8, 4) is 0 Å². The summed E-state index contributed by atoms with van der Waals surface area (Å²) in [4.78, 5) is 19.3. The molecule has 3 rings (SSSR count). The normalized spacial score (nSPS) is 16.4. The fourth-order valence-electron chi connectivity index (χ4n) is 2.68. The average Bonchev–Trinajstić information content (AvgIpc) is 2.62. The number of nitrogens with two attached hydrogens (primary N) is 1. The van der Waals surface area contributed by atoms with Gasteiger partial charge in [0.05, 0.1) is 6.04 Å². The van der Waals surface area contributed by atoms with Gasteiger partial charge in [-0.25, -0.2) is 4.98 Å². The molecule has 1 aliphatic rings. The molecule has 1 amide bonds. The Kier molecular flexibility index (Phi) is 4.34. The molecule has 1 aromatic heterocycles. The van der Waals surface area contributed by atoms with Gasteiger partial charge in [-0.15, -0.1) is 0 Å². The first-order valence-corrected chi connectivity index (χ1v) is 7.48. The molecule has 0 radical (unpaired) electrons. The third-order valence-corrected chi connectivity index (χ3v) is 4.08. The fourth-order valence-corrected chi connectivity index (χ4v) is 2.68. The van der Waals surface area contributed by atoms with Crippen molar-refractivity contribution >= 4 is 12.2 Å². The predicted octanol–water partition coefficient (Wildman–Crippen LogP) is 1.41. The molecule has 5 nitrogen and oxygen atoms in total. The Morgan fingerprint density at radius 1 is 1.00 bits per heavy atom. The van der Waals surface area contributed by atoms with Gasteiger partial charge >= 0.3 is 0 Å². The number of piperazine rings is 1. The number of nitrogens with zero attached hydrogens (tertiary/aromatic N) is 3. The van der Waals surface area contributed by atoms with Crippen LogP contribution in [0, 0.1) is 0 Å². The highest BCUT2D eigenvalue weighted by Crippen LogP contribution is 2.21. The van der Waals surface area contributed by atoms with Gasteiger partial charge in [0, 0.05) is 32.4 Å². The average molecular weight is 296 g/mol. The van der Waals surface area contributed by atoms with Crippen molar-refractivity contribution in [3.63, 3.8) is 0 Å². The monoisotopic (exact) mass is 296 g/mol. The molecule has 0 bridgehead atoms. The van der Waals surface area contributed by atoms with E-state index in [1.807, 2.05) is 48.7 Å². The van der Waals surface area contributed by atoms with Crippen LogP contribution in [0.1, 0.15) is 17.2 Å². The molecule has 0 spiro atoms. The van der Waals surface area contributed by atoms with Crippen molar-refractivity contribution in [1.82, 2.24) is 9.88 Å². The molecular formula is C17H20N4O. The topological polar surface area (TPSA) is 62.5 Å². The largest absolute Gasteiger partial charge is 0.353 e. The SMILES string of the molecule is NC(c1ccccc1)c1ccc(N2CCN(C=O)CC2)nc1. The van der Waals surface area contributed by atoms with E-state index in [4.69, 9.17) is 5.73 Å². The first kappa shape index (κ1) is 14.5. The maximum Gasteiger partial charge on any atom is 0.209 e. The van der Waals surface area contributed by atoms with Crippen LogP contribution in [0.25, 0.3) is 0 Å². The standard InChI is InChI=1S/C17H20N4O/c18-17(14-4-2-1-3-5-14)15-6-7-16(19-12-15)21-10-8-20(13-22)9-11-21/h1-7,12-13,17H,8-11,18H2. The Morgan fingerprint density at radius 3 is 2.32 bits per heavy atom. The minimum absolute atomic E-state index is 0.158. The van der Waals surface area contributed by atoms with Gasteiger partial charge in [0.15, 0.2) is 0 Å². The van der Waals surface area contributed by atoms with Gasteiger partial charge in [0.2, 0.25) is 6.41 Å². The van der Waals surface area contributed by atoms with Gasteiger partial charge in [0.25, 0.3) is 0 Å². The third kappa shape index (κ3) is 3.09. The van der Waals surface area contributed by atoms with E-state index < -0.39 is 0 Å². The molecule has 114 valence electrons. The summed E-state index contributed by atoms with van der Waals surface area (Å²) in [5.41, 5.74) is 8.36. The summed E-state index contributed by atoms with van der Waals surface area (Å²) in [6, 6.07) is 13.9. The van der Waals surface area contributed by atoms with Gasteiger partial charge in [0.1, 0.15) is 5.82 Å². The maximum absolute atomic E-state index is 10.7. The molecule has 0 aliphatic carbocycles. The van der Waals surface area contributed by atoms with E-state index >= 15 is 0 Å². The Bertz CT molecular complexity index is 606. The van der Waals surface area contributed by atoms with E-state index in [-0.39, 0.29) is 6.04 Å². The van der Waals surface area contributed by atoms with E-state index in [0.29, 0.717) is 0 Å². The van der Waals surface area contributed by atoms with E-state index in [0.717, 1.165) is 49.5 Å². The van der Waals surface area contributed by atoms with Gasteiger partial charge in [-0.1, -0.05) is 36.4 Å². The smallest absolute Gasteiger partial charge is 0.209 e. The molecule has 0 saturated carbocycles. The Morgan fingerprint density at radius 2 is 1.73 bits per heavy atom. The molecule has 1 atom stereocenters. The number of benzene rings is 1. The van der Waals surface area contributed by atoms with Gasteiger partial charge in [-0.3, -0.25) is 4.79 Å². The molecule has 5 heteroatoms. The molecule has 2 N–H and O–H groups in total. The Hall–Kier alpha value is -2.40. The molecule has 1 aromatic carbocycles. The lowest BCUT2D eigenvalue weighted by molar-refractivity contribution is -0.118. The summed E-state index contributed by atoms with van der Waals surface area (Å²) < 4.78 is 0. The summed E-state index contributed by atoms with van der Waals surface area (Å²) in [5.74, 6) is 0.939. The second-order valence-corrected chi connectivity index (χ2v) is 5.47. The highest BCUT2D eigenvalue weighted by molar-refractivity contribution is 5.49. The number of hydrogen-bond acceptors (Lipinski definition) is 4. The molecule has 1 unspecified atom stereocenters. The van der Waals surface area contributed by atoms with Crippen molar-refractivity contribution in [3.05, 3.63) is 59.8 Å². The van der Waals surface area contributed by atoms with E-state index in [1.165, 1.54) is 0 Å². The summed E-state index contributed by atoms with van der Waals surface area (Å²) in [6.45, 7) is 3.12. The Labute approximate surface area is 130 Å². The van der Waals surface area contributed by atoms with Crippen LogP contribution < -0.4 is 10.6 Å². The number of carbonyl (C=O) groups is 1. The van der Waals surface area contributed by atoms with Gasteiger partial charge < -0.3 is 15.5 Å². The summed E-state index contributed by atoms with van der Waals surface area (Å²) in [7, 11) is 0. The first-order chi connectivity index (χ1) is 10.8. The van der Waals surface area contributed by atoms with Crippen molar-refractivity contribution in [2.75, 3.05) is 31.1 Å². The van der Waals surface area contributed by atoms with Crippen LogP contribution in [0.5, 0.6) is 0 Å². The number of rotatable bonds is 4. The van der Waals surface area contributed by atoms with Crippen molar-refractivity contribution in [2.24, 2.45) is 5.73 Å². The van der Waals surface area contributed by atoms with E-state index in [2.05, 4.69) is 9.88 Å². The van der Waals surface area contributed by atoms with Gasteiger partial charge in [-0.2, -0.15) is 0 Å². The highest BCUT2D eigenvalue weighted by Gasteiger charge is 2.17. The fraction of sp³-hybridized carbons (Fsp3) is 0.294. The molecule has 1 saturated heterocycles. The first-order valence-electron chi connectivity index (χ1n) is 7.48. The lowest BCUT2D eigenvalue weighted by atomic mass is 10.0. The quantitative estimate of drug-likeness (QED) is 0.867. The number of amides is 1. The lowest BCUT2D eigenvalue weighted by Gasteiger charge is -2.33. The number of carbonyl (C=O) groups excluding carboxylic acids is 1. The Balaban J connectivity index is 1.69. The van der Waals surface area contributed by atoms with Crippen molar-refractivity contribution < 1.29 is 4.79 Å². The summed E-state index contributed by atoms with van der Waals surface area (Å²) in [6.07, 6.45) is 2.76. The van der Waals surface area contributed by atoms with E-state index in [1.54, 1.807) is 4.90 Å². The number of hydrogen-bond donors (Lipinski definition) is 1. The molecule has 1 fully saturated rings. The molecule has 2 aromatic rings. The molecule has 2 heterocycles. The van der Waals surface area contributed by atoms with Crippen molar-refractivity contribution in [1.29, 1.82) is 0 Å². The minimum atomic E-state index is -0.158. The number of pyridine rings is 1. The van der Waals surface area contributed by atoms with Crippen LogP contribution >= 0.6 is 0 Å². The van der Waals surface area contributed by atoms with Crippen LogP contribution in [0.15, 0.2) is 48.7 Å². The van der Waals surface area contributed by atoms with Crippen LogP contribution in [-0.4, -0.2) is 42.5 Å². The van der Waals surface area contributed by atoms with E-state index in [9.17, 15) is 4.79 Å². The zero-order chi connectivity index (χ0) is 15.4. The van der Waals surface area contributed by atoms with Crippen molar-refractivity contribution in [2.45, 2.75) is 6.04 Å². The zero-order valence-electron chi connectivity index (χ0n) is 12.4. The predicted molar refractivity (Wildman–Crippen MR) is 86.6 cm³/mol. The maximum atomic E-state index is 10.7. The van der Waals surface area contributed by atoms with Crippen LogP contribution in [0.4, 0.5) is 5.82 Å². The number of aromatic nitrogens is 1. The second kappa shape index (κ2) is 6.58. The minimum Gasteiger partial charge on any atom is -0.353 e. The third-order valence-electron chi connectivity index (χ3n) is 4.08. The number of anilines is 1. The molecular weight excluding hydrogens is 276 g/mol. The second-order valence-electron chi connectivity index (χ2n) is 5.47.